The fraction of sp³-hybridized carbons (Fsp3) is 0.444. The molecule has 0 saturated carbocycles. The lowest BCUT2D eigenvalue weighted by atomic mass is 9.97. The molecule has 2 aliphatic rings. The summed E-state index contributed by atoms with van der Waals surface area (Å²) in [6.07, 6.45) is -0.503. The predicted octanol–water partition coefficient (Wildman–Crippen LogP) is 7.07. The molecule has 0 radical (unpaired) electrons. The maximum atomic E-state index is 14.2. The molecule has 1 aromatic carbocycles. The van der Waals surface area contributed by atoms with E-state index in [4.69, 9.17) is 9.47 Å². The lowest BCUT2D eigenvalue weighted by Gasteiger charge is -2.33. The number of aromatic nitrogens is 2. The van der Waals surface area contributed by atoms with Crippen molar-refractivity contribution in [2.45, 2.75) is 63.7 Å². The Bertz CT molecular complexity index is 1420. The van der Waals surface area contributed by atoms with Gasteiger partial charge in [-0.1, -0.05) is 18.6 Å². The second kappa shape index (κ2) is 11.4. The Kier molecular flexibility index (Phi) is 8.14. The summed E-state index contributed by atoms with van der Waals surface area (Å²) in [6, 6.07) is 4.13. The summed E-state index contributed by atoms with van der Waals surface area (Å²) in [5, 5.41) is 10.3. The number of ether oxygens (including phenoxy) is 2. The van der Waals surface area contributed by atoms with Crippen LogP contribution in [0.4, 0.5) is 24.0 Å². The summed E-state index contributed by atoms with van der Waals surface area (Å²) in [5.41, 5.74) is 1.62. The van der Waals surface area contributed by atoms with Crippen molar-refractivity contribution in [2.75, 3.05) is 24.4 Å². The molecule has 2 aromatic heterocycles. The van der Waals surface area contributed by atoms with Crippen LogP contribution >= 0.6 is 27.3 Å². The molecule has 0 bridgehead atoms. The smallest absolute Gasteiger partial charge is 0.410 e. The van der Waals surface area contributed by atoms with Crippen LogP contribution in [0.2, 0.25) is 0 Å². The van der Waals surface area contributed by atoms with Gasteiger partial charge in [0.15, 0.2) is 11.7 Å². The Morgan fingerprint density at radius 2 is 1.93 bits per heavy atom. The average Bonchev–Trinajstić information content (AvgIpc) is 3.34. The van der Waals surface area contributed by atoms with Gasteiger partial charge in [0.1, 0.15) is 16.6 Å². The van der Waals surface area contributed by atoms with E-state index in [1.165, 1.54) is 18.4 Å². The second-order valence-corrected chi connectivity index (χ2v) is 11.6. The third-order valence-corrected chi connectivity index (χ3v) is 9.12. The topological polar surface area (TPSA) is 94.5 Å². The van der Waals surface area contributed by atoms with E-state index in [1.54, 1.807) is 31.2 Å². The zero-order valence-electron chi connectivity index (χ0n) is 21.9. The molecule has 0 fully saturated rings. The lowest BCUT2D eigenvalue weighted by molar-refractivity contribution is -0.173. The minimum Gasteiger partial charge on any atom is -0.497 e. The fourth-order valence-corrected chi connectivity index (χ4v) is 7.03. The van der Waals surface area contributed by atoms with E-state index in [0.29, 0.717) is 28.3 Å². The number of anilines is 2. The van der Waals surface area contributed by atoms with Crippen LogP contribution in [0.1, 0.15) is 81.5 Å². The Morgan fingerprint density at radius 1 is 1.20 bits per heavy atom. The number of rotatable bonds is 6. The highest BCUT2D eigenvalue weighted by atomic mass is 79.9. The number of alkyl halides is 3. The second-order valence-electron chi connectivity index (χ2n) is 9.66. The minimum atomic E-state index is -4.61. The largest absolute Gasteiger partial charge is 0.497 e. The quantitative estimate of drug-likeness (QED) is 0.221. The Labute approximate surface area is 241 Å². The molecule has 1 aliphatic carbocycles. The number of nitrogens with zero attached hydrogens (tertiary/aromatic N) is 2. The van der Waals surface area contributed by atoms with Crippen LogP contribution in [-0.4, -0.2) is 41.5 Å². The molecule has 0 unspecified atom stereocenters. The number of hydrogen-bond donors (Lipinski definition) is 2. The number of methoxy groups -OCH3 is 1. The van der Waals surface area contributed by atoms with Gasteiger partial charge in [0.2, 0.25) is 0 Å². The van der Waals surface area contributed by atoms with Gasteiger partial charge in [-0.3, -0.25) is 4.79 Å². The highest BCUT2D eigenvalue weighted by molar-refractivity contribution is 9.10. The number of hydrogen-bond acceptors (Lipinski definition) is 7. The van der Waals surface area contributed by atoms with Crippen molar-refractivity contribution >= 4 is 50.0 Å². The first kappa shape index (κ1) is 28.5. The van der Waals surface area contributed by atoms with Gasteiger partial charge in [-0.25, -0.2) is 9.48 Å². The van der Waals surface area contributed by atoms with Crippen molar-refractivity contribution < 1.29 is 32.2 Å². The maximum absolute atomic E-state index is 14.2. The summed E-state index contributed by atoms with van der Waals surface area (Å²) in [7, 11) is 1.51. The molecule has 1 aliphatic heterocycles. The van der Waals surface area contributed by atoms with Crippen molar-refractivity contribution in [1.29, 1.82) is 0 Å². The van der Waals surface area contributed by atoms with Crippen LogP contribution in [-0.2, 0) is 17.6 Å². The molecule has 214 valence electrons. The highest BCUT2D eigenvalue weighted by Crippen LogP contribution is 2.47. The summed E-state index contributed by atoms with van der Waals surface area (Å²) < 4.78 is 54.0. The molecule has 3 heterocycles. The summed E-state index contributed by atoms with van der Waals surface area (Å²) in [5.74, 6) is -0.613. The van der Waals surface area contributed by atoms with Gasteiger partial charge < -0.3 is 20.1 Å². The van der Waals surface area contributed by atoms with Gasteiger partial charge >= 0.3 is 12.1 Å². The molecule has 8 nitrogen and oxygen atoms in total. The Hall–Kier alpha value is -3.06. The molecule has 0 spiro atoms. The third-order valence-electron chi connectivity index (χ3n) is 7.16. The molecule has 3 aromatic rings. The number of aryl methyl sites for hydroxylation is 1. The fourth-order valence-electron chi connectivity index (χ4n) is 5.20. The van der Waals surface area contributed by atoms with Crippen molar-refractivity contribution in [3.05, 3.63) is 56.0 Å². The first-order chi connectivity index (χ1) is 19.1. The monoisotopic (exact) mass is 640 g/mol. The number of thiophene rings is 1. The maximum Gasteiger partial charge on any atom is 0.410 e. The van der Waals surface area contributed by atoms with E-state index < -0.39 is 30.1 Å². The molecule has 13 heteroatoms. The van der Waals surface area contributed by atoms with Crippen molar-refractivity contribution in [1.82, 2.24) is 9.78 Å². The Balaban J connectivity index is 1.49. The van der Waals surface area contributed by atoms with E-state index in [1.807, 2.05) is 0 Å². The van der Waals surface area contributed by atoms with Crippen molar-refractivity contribution in [2.24, 2.45) is 0 Å². The van der Waals surface area contributed by atoms with Gasteiger partial charge in [0, 0.05) is 11.3 Å². The number of nitrogens with one attached hydrogen (secondary N) is 2. The Morgan fingerprint density at radius 3 is 2.60 bits per heavy atom. The van der Waals surface area contributed by atoms with Gasteiger partial charge in [0.05, 0.1) is 29.8 Å². The molecule has 0 saturated heterocycles. The van der Waals surface area contributed by atoms with Crippen LogP contribution in [0.3, 0.4) is 0 Å². The number of halogens is 4. The average molecular weight is 642 g/mol. The number of fused-ring (bicyclic) bond motifs is 2. The number of amides is 1. The van der Waals surface area contributed by atoms with Gasteiger partial charge in [0.25, 0.3) is 5.91 Å². The van der Waals surface area contributed by atoms with Crippen LogP contribution < -0.4 is 15.4 Å². The van der Waals surface area contributed by atoms with Crippen molar-refractivity contribution in [3.8, 4) is 5.75 Å². The van der Waals surface area contributed by atoms with Crippen LogP contribution in [0.25, 0.3) is 0 Å². The number of carbonyl (C=O) groups is 2. The molecular weight excluding hydrogens is 613 g/mol. The van der Waals surface area contributed by atoms with Crippen LogP contribution in [0.5, 0.6) is 5.75 Å². The molecule has 1 amide bonds. The SMILES string of the molecule is CCOC(=O)c1c(NC(=O)c2nn3c(c2Br)N[C@@H](c2ccc(OC)cc2)C[C@H]3C(F)(F)F)sc2c1CCCCC2. The van der Waals surface area contributed by atoms with Gasteiger partial charge in [-0.15, -0.1) is 11.3 Å². The standard InChI is InChI=1S/C27H28BrF3N4O4S/c1-3-39-26(37)20-16-7-5-4-6-8-18(16)40-25(20)33-24(36)22-21(28)23-32-17(14-9-11-15(38-2)12-10-14)13-19(27(29,30)31)35(23)34-22/h9-12,17,19,32H,3-8,13H2,1-2H3,(H,33,36)/t17-,19+/m1/s1. The van der Waals surface area contributed by atoms with E-state index in [0.717, 1.165) is 40.8 Å². The number of benzene rings is 1. The third kappa shape index (κ3) is 5.45. The normalized spacial score (nSPS) is 18.6. The van der Waals surface area contributed by atoms with E-state index in [2.05, 4.69) is 31.7 Å². The molecular formula is C27H28BrF3N4O4S. The number of esters is 1. The zero-order valence-corrected chi connectivity index (χ0v) is 24.3. The lowest BCUT2D eigenvalue weighted by Crippen LogP contribution is -2.35. The molecule has 40 heavy (non-hydrogen) atoms. The van der Waals surface area contributed by atoms with E-state index in [-0.39, 0.29) is 29.0 Å². The van der Waals surface area contributed by atoms with E-state index in [9.17, 15) is 22.8 Å². The molecule has 2 atom stereocenters. The van der Waals surface area contributed by atoms with E-state index >= 15 is 0 Å². The first-order valence-corrected chi connectivity index (χ1v) is 14.6. The van der Waals surface area contributed by atoms with Gasteiger partial charge in [-0.05, 0) is 71.8 Å². The minimum absolute atomic E-state index is 0.0483. The molecule has 2 N–H and O–H groups in total. The predicted molar refractivity (Wildman–Crippen MR) is 148 cm³/mol. The van der Waals surface area contributed by atoms with Crippen molar-refractivity contribution in [3.63, 3.8) is 0 Å². The van der Waals surface area contributed by atoms with Crippen LogP contribution in [0.15, 0.2) is 28.7 Å². The van der Waals surface area contributed by atoms with Crippen LogP contribution in [0, 0.1) is 0 Å². The highest BCUT2D eigenvalue weighted by Gasteiger charge is 2.48. The summed E-state index contributed by atoms with van der Waals surface area (Å²) in [6.45, 7) is 1.88. The summed E-state index contributed by atoms with van der Waals surface area (Å²) >= 11 is 4.64. The summed E-state index contributed by atoms with van der Waals surface area (Å²) in [4.78, 5) is 27.4. The first-order valence-electron chi connectivity index (χ1n) is 13.0. The van der Waals surface area contributed by atoms with Gasteiger partial charge in [-0.2, -0.15) is 18.3 Å². The molecule has 5 rings (SSSR count). The zero-order chi connectivity index (χ0) is 28.6. The number of carbonyl (C=O) groups excluding carboxylic acids is 2.